The summed E-state index contributed by atoms with van der Waals surface area (Å²) in [4.78, 5) is 11.7. The molecule has 84 valence electrons. The molecular weight excluding hydrogens is 321 g/mol. The summed E-state index contributed by atoms with van der Waals surface area (Å²) in [5.74, 6) is 0.0724. The van der Waals surface area contributed by atoms with E-state index in [0.29, 0.717) is 0 Å². The highest BCUT2D eigenvalue weighted by atomic mass is 127. The Hall–Kier alpha value is -0.100. The Labute approximate surface area is 109 Å². The van der Waals surface area contributed by atoms with Crippen molar-refractivity contribution in [2.24, 2.45) is 0 Å². The van der Waals surface area contributed by atoms with Crippen molar-refractivity contribution in [2.45, 2.75) is 26.2 Å². The van der Waals surface area contributed by atoms with Gasteiger partial charge in [-0.15, -0.1) is 0 Å². The fourth-order valence-electron chi connectivity index (χ4n) is 1.29. The molecule has 0 fully saturated rings. The lowest BCUT2D eigenvalue weighted by Gasteiger charge is -2.03. The Morgan fingerprint density at radius 2 is 2.20 bits per heavy atom. The van der Waals surface area contributed by atoms with Crippen molar-refractivity contribution in [1.29, 1.82) is 0 Å². The molecule has 4 heteroatoms. The van der Waals surface area contributed by atoms with E-state index in [4.69, 9.17) is 0 Å². The van der Waals surface area contributed by atoms with Crippen LogP contribution in [0.3, 0.4) is 0 Å². The van der Waals surface area contributed by atoms with Gasteiger partial charge in [0.1, 0.15) is 0 Å². The molecule has 0 saturated heterocycles. The van der Waals surface area contributed by atoms with Gasteiger partial charge in [-0.05, 0) is 35.1 Å². The van der Waals surface area contributed by atoms with E-state index in [1.807, 2.05) is 17.7 Å². The molecule has 0 bridgehead atoms. The first-order valence-electron chi connectivity index (χ1n) is 5.12. The number of hydrogen-bond donors (Lipinski definition) is 1. The second-order valence-corrected chi connectivity index (χ2v) is 5.30. The number of unbranched alkanes of at least 4 members (excludes halogenated alkanes) is 2. The summed E-state index contributed by atoms with van der Waals surface area (Å²) < 4.78 is 1.20. The Balaban J connectivity index is 2.22. The first kappa shape index (κ1) is 13.0. The molecular formula is C11H16INOS. The minimum Gasteiger partial charge on any atom is -0.352 e. The molecule has 1 heterocycles. The quantitative estimate of drug-likeness (QED) is 0.481. The van der Waals surface area contributed by atoms with Crippen molar-refractivity contribution in [3.8, 4) is 0 Å². The summed E-state index contributed by atoms with van der Waals surface area (Å²) in [5.41, 5.74) is 1.90. The minimum absolute atomic E-state index is 0.0724. The van der Waals surface area contributed by atoms with Gasteiger partial charge < -0.3 is 5.32 Å². The van der Waals surface area contributed by atoms with Crippen LogP contribution in [-0.4, -0.2) is 16.9 Å². The number of rotatable bonds is 6. The van der Waals surface area contributed by atoms with Crippen molar-refractivity contribution in [2.75, 3.05) is 11.0 Å². The van der Waals surface area contributed by atoms with Gasteiger partial charge in [-0.3, -0.25) is 4.79 Å². The van der Waals surface area contributed by atoms with Crippen LogP contribution in [-0.2, 0) is 0 Å². The lowest BCUT2D eigenvalue weighted by molar-refractivity contribution is 0.0953. The van der Waals surface area contributed by atoms with Crippen LogP contribution in [0.1, 0.15) is 35.2 Å². The zero-order valence-electron chi connectivity index (χ0n) is 8.88. The molecule has 1 aromatic rings. The number of carbonyl (C=O) groups excluding carboxylic acids is 1. The lowest BCUT2D eigenvalue weighted by Crippen LogP contribution is -2.24. The molecule has 2 nitrogen and oxygen atoms in total. The van der Waals surface area contributed by atoms with Gasteiger partial charge in [0.15, 0.2) is 0 Å². The molecule has 1 N–H and O–H groups in total. The number of aryl methyl sites for hydroxylation is 1. The summed E-state index contributed by atoms with van der Waals surface area (Å²) in [7, 11) is 0. The molecule has 1 amide bonds. The van der Waals surface area contributed by atoms with Gasteiger partial charge in [0.05, 0.1) is 5.56 Å². The maximum Gasteiger partial charge on any atom is 0.252 e. The SMILES string of the molecule is Cc1cscc1C(=O)NCCCCCI. The highest BCUT2D eigenvalue weighted by Crippen LogP contribution is 2.13. The topological polar surface area (TPSA) is 29.1 Å². The van der Waals surface area contributed by atoms with Crippen LogP contribution in [0, 0.1) is 6.92 Å². The largest absolute Gasteiger partial charge is 0.352 e. The van der Waals surface area contributed by atoms with Crippen LogP contribution in [0.4, 0.5) is 0 Å². The molecule has 0 spiro atoms. The number of halogens is 1. The van der Waals surface area contributed by atoms with Crippen LogP contribution in [0.2, 0.25) is 0 Å². The Morgan fingerprint density at radius 1 is 1.40 bits per heavy atom. The van der Waals surface area contributed by atoms with E-state index in [2.05, 4.69) is 27.9 Å². The van der Waals surface area contributed by atoms with Crippen LogP contribution in [0.15, 0.2) is 10.8 Å². The fraction of sp³-hybridized carbons (Fsp3) is 0.545. The normalized spacial score (nSPS) is 10.3. The van der Waals surface area contributed by atoms with E-state index in [-0.39, 0.29) is 5.91 Å². The highest BCUT2D eigenvalue weighted by Gasteiger charge is 2.08. The molecule has 1 aromatic heterocycles. The van der Waals surface area contributed by atoms with Gasteiger partial charge in [-0.25, -0.2) is 0 Å². The summed E-state index contributed by atoms with van der Waals surface area (Å²) >= 11 is 3.96. The van der Waals surface area contributed by atoms with Gasteiger partial charge in [-0.2, -0.15) is 11.3 Å². The van der Waals surface area contributed by atoms with Gasteiger partial charge >= 0.3 is 0 Å². The molecule has 15 heavy (non-hydrogen) atoms. The molecule has 0 aromatic carbocycles. The van der Waals surface area contributed by atoms with E-state index in [1.165, 1.54) is 17.3 Å². The second kappa shape index (κ2) is 7.22. The standard InChI is InChI=1S/C11H16INOS/c1-9-7-15-8-10(9)11(14)13-6-4-2-3-5-12/h7-8H,2-6H2,1H3,(H,13,14). The maximum atomic E-state index is 11.7. The van der Waals surface area contributed by atoms with E-state index in [0.717, 1.165) is 24.1 Å². The number of nitrogens with one attached hydrogen (secondary N) is 1. The fourth-order valence-corrected chi connectivity index (χ4v) is 2.65. The van der Waals surface area contributed by atoms with Crippen molar-refractivity contribution >= 4 is 39.8 Å². The molecule has 0 saturated carbocycles. The number of amides is 1. The highest BCUT2D eigenvalue weighted by molar-refractivity contribution is 14.1. The van der Waals surface area contributed by atoms with Gasteiger partial charge in [0.25, 0.3) is 5.91 Å². The molecule has 0 unspecified atom stereocenters. The average molecular weight is 337 g/mol. The second-order valence-electron chi connectivity index (χ2n) is 3.47. The van der Waals surface area contributed by atoms with E-state index >= 15 is 0 Å². The van der Waals surface area contributed by atoms with Crippen LogP contribution in [0.25, 0.3) is 0 Å². The summed E-state index contributed by atoms with van der Waals surface area (Å²) in [5, 5.41) is 6.87. The zero-order chi connectivity index (χ0) is 11.1. The zero-order valence-corrected chi connectivity index (χ0v) is 11.9. The molecule has 0 radical (unpaired) electrons. The first-order valence-corrected chi connectivity index (χ1v) is 7.59. The van der Waals surface area contributed by atoms with Crippen molar-refractivity contribution in [1.82, 2.24) is 5.32 Å². The predicted octanol–water partition coefficient (Wildman–Crippen LogP) is 3.39. The van der Waals surface area contributed by atoms with Crippen molar-refractivity contribution in [3.05, 3.63) is 21.9 Å². The first-order chi connectivity index (χ1) is 7.25. The lowest BCUT2D eigenvalue weighted by atomic mass is 10.2. The Bertz CT molecular complexity index is 311. The maximum absolute atomic E-state index is 11.7. The number of hydrogen-bond acceptors (Lipinski definition) is 2. The summed E-state index contributed by atoms with van der Waals surface area (Å²) in [6.45, 7) is 2.77. The van der Waals surface area contributed by atoms with Gasteiger partial charge in [0.2, 0.25) is 0 Å². The van der Waals surface area contributed by atoms with Crippen LogP contribution in [0.5, 0.6) is 0 Å². The number of thiophene rings is 1. The van der Waals surface area contributed by atoms with Crippen molar-refractivity contribution < 1.29 is 4.79 Å². The predicted molar refractivity (Wildman–Crippen MR) is 74.1 cm³/mol. The molecule has 0 aliphatic carbocycles. The minimum atomic E-state index is 0.0724. The van der Waals surface area contributed by atoms with E-state index in [9.17, 15) is 4.79 Å². The van der Waals surface area contributed by atoms with E-state index < -0.39 is 0 Å². The third-order valence-corrected chi connectivity index (χ3v) is 3.82. The molecule has 0 aliphatic heterocycles. The average Bonchev–Trinajstić information content (AvgIpc) is 2.64. The Kier molecular flexibility index (Phi) is 6.24. The summed E-state index contributed by atoms with van der Waals surface area (Å²) in [6.07, 6.45) is 3.53. The van der Waals surface area contributed by atoms with Crippen LogP contribution >= 0.6 is 33.9 Å². The summed E-state index contributed by atoms with van der Waals surface area (Å²) in [6, 6.07) is 0. The Morgan fingerprint density at radius 3 is 2.80 bits per heavy atom. The van der Waals surface area contributed by atoms with Gasteiger partial charge in [0, 0.05) is 11.9 Å². The smallest absolute Gasteiger partial charge is 0.252 e. The number of alkyl halides is 1. The molecule has 0 atom stereocenters. The monoisotopic (exact) mass is 337 g/mol. The van der Waals surface area contributed by atoms with Crippen molar-refractivity contribution in [3.63, 3.8) is 0 Å². The molecule has 0 aliphatic rings. The van der Waals surface area contributed by atoms with Crippen LogP contribution < -0.4 is 5.32 Å². The third kappa shape index (κ3) is 4.51. The van der Waals surface area contributed by atoms with E-state index in [1.54, 1.807) is 11.3 Å². The number of carbonyl (C=O) groups is 1. The van der Waals surface area contributed by atoms with Gasteiger partial charge in [-0.1, -0.05) is 29.0 Å². The third-order valence-electron chi connectivity index (χ3n) is 2.20. The molecule has 1 rings (SSSR count).